The smallest absolute Gasteiger partial charge is 0.0569 e. The van der Waals surface area contributed by atoms with Gasteiger partial charge >= 0.3 is 0 Å². The maximum atomic E-state index is 3.54. The molecule has 0 saturated heterocycles. The van der Waals surface area contributed by atoms with Crippen molar-refractivity contribution in [2.24, 2.45) is 5.92 Å². The summed E-state index contributed by atoms with van der Waals surface area (Å²) in [6.45, 7) is 7.45. The van der Waals surface area contributed by atoms with Crippen LogP contribution in [0.1, 0.15) is 24.3 Å². The standard InChI is InChI=1S/C18H22N2S/c1-14(2)11-19-12-15-5-3-7-18-17(15)8-9-20(18)13-16-6-4-10-21-16/h3-10,14,19H,11-13H2,1-2H3. The van der Waals surface area contributed by atoms with Crippen LogP contribution in [0, 0.1) is 5.92 Å². The first-order chi connectivity index (χ1) is 10.2. The van der Waals surface area contributed by atoms with Crippen LogP contribution >= 0.6 is 11.3 Å². The van der Waals surface area contributed by atoms with Crippen molar-refractivity contribution < 1.29 is 0 Å². The summed E-state index contributed by atoms with van der Waals surface area (Å²) in [5.41, 5.74) is 2.71. The summed E-state index contributed by atoms with van der Waals surface area (Å²) < 4.78 is 2.34. The lowest BCUT2D eigenvalue weighted by Gasteiger charge is -2.09. The zero-order valence-electron chi connectivity index (χ0n) is 12.7. The van der Waals surface area contributed by atoms with Gasteiger partial charge in [-0.2, -0.15) is 0 Å². The first-order valence-electron chi connectivity index (χ1n) is 7.54. The molecule has 0 aliphatic rings. The number of benzene rings is 1. The van der Waals surface area contributed by atoms with Crippen molar-refractivity contribution in [1.29, 1.82) is 0 Å². The summed E-state index contributed by atoms with van der Waals surface area (Å²) >= 11 is 1.82. The molecule has 3 heteroatoms. The highest BCUT2D eigenvalue weighted by Crippen LogP contribution is 2.22. The van der Waals surface area contributed by atoms with Crippen molar-refractivity contribution in [2.75, 3.05) is 6.54 Å². The first-order valence-corrected chi connectivity index (χ1v) is 8.42. The first kappa shape index (κ1) is 14.4. The highest BCUT2D eigenvalue weighted by molar-refractivity contribution is 7.09. The maximum Gasteiger partial charge on any atom is 0.0569 e. The highest BCUT2D eigenvalue weighted by atomic mass is 32.1. The van der Waals surface area contributed by atoms with Crippen LogP contribution in [0.5, 0.6) is 0 Å². The molecule has 1 N–H and O–H groups in total. The van der Waals surface area contributed by atoms with Gasteiger partial charge in [0.2, 0.25) is 0 Å². The molecule has 0 amide bonds. The van der Waals surface area contributed by atoms with Gasteiger partial charge in [-0.3, -0.25) is 0 Å². The third kappa shape index (κ3) is 3.36. The Kier molecular flexibility index (Phi) is 4.42. The lowest BCUT2D eigenvalue weighted by Crippen LogP contribution is -2.19. The number of hydrogen-bond acceptors (Lipinski definition) is 2. The number of fused-ring (bicyclic) bond motifs is 1. The fourth-order valence-corrected chi connectivity index (χ4v) is 3.35. The van der Waals surface area contributed by atoms with Crippen molar-refractivity contribution in [3.63, 3.8) is 0 Å². The van der Waals surface area contributed by atoms with E-state index in [4.69, 9.17) is 0 Å². The minimum atomic E-state index is 0.688. The van der Waals surface area contributed by atoms with Crippen LogP contribution in [-0.4, -0.2) is 11.1 Å². The Morgan fingerprint density at radius 3 is 2.81 bits per heavy atom. The average Bonchev–Trinajstić information content (AvgIpc) is 3.10. The van der Waals surface area contributed by atoms with E-state index >= 15 is 0 Å². The van der Waals surface area contributed by atoms with Gasteiger partial charge in [0.05, 0.1) is 6.54 Å². The van der Waals surface area contributed by atoms with Crippen LogP contribution in [0.25, 0.3) is 10.9 Å². The molecule has 0 unspecified atom stereocenters. The number of nitrogens with one attached hydrogen (secondary N) is 1. The van der Waals surface area contributed by atoms with Crippen LogP contribution in [0.2, 0.25) is 0 Å². The number of rotatable bonds is 6. The second-order valence-corrected chi connectivity index (χ2v) is 6.93. The third-order valence-electron chi connectivity index (χ3n) is 3.68. The largest absolute Gasteiger partial charge is 0.342 e. The molecule has 0 fully saturated rings. The van der Waals surface area contributed by atoms with E-state index in [1.165, 1.54) is 21.3 Å². The SMILES string of the molecule is CC(C)CNCc1cccc2c1ccn2Cc1cccs1. The summed E-state index contributed by atoms with van der Waals surface area (Å²) in [6.07, 6.45) is 2.20. The Morgan fingerprint density at radius 2 is 2.05 bits per heavy atom. The van der Waals surface area contributed by atoms with Crippen molar-refractivity contribution >= 4 is 22.2 Å². The Balaban J connectivity index is 1.82. The van der Waals surface area contributed by atoms with Crippen LogP contribution < -0.4 is 5.32 Å². The molecule has 3 aromatic rings. The summed E-state index contributed by atoms with van der Waals surface area (Å²) in [5.74, 6) is 0.688. The Morgan fingerprint density at radius 1 is 1.14 bits per heavy atom. The molecule has 2 heterocycles. The Hall–Kier alpha value is -1.58. The normalized spacial score (nSPS) is 11.6. The molecule has 0 bridgehead atoms. The number of thiophene rings is 1. The zero-order valence-corrected chi connectivity index (χ0v) is 13.5. The molecule has 21 heavy (non-hydrogen) atoms. The minimum absolute atomic E-state index is 0.688. The van der Waals surface area contributed by atoms with Crippen molar-refractivity contribution in [3.8, 4) is 0 Å². The van der Waals surface area contributed by atoms with E-state index in [2.05, 4.69) is 71.7 Å². The van der Waals surface area contributed by atoms with Gasteiger partial charge in [-0.1, -0.05) is 32.0 Å². The van der Waals surface area contributed by atoms with E-state index in [1.54, 1.807) is 0 Å². The van der Waals surface area contributed by atoms with Gasteiger partial charge in [0.15, 0.2) is 0 Å². The van der Waals surface area contributed by atoms with Gasteiger partial charge in [0.25, 0.3) is 0 Å². The van der Waals surface area contributed by atoms with Gasteiger partial charge in [-0.25, -0.2) is 0 Å². The number of nitrogens with zero attached hydrogens (tertiary/aromatic N) is 1. The third-order valence-corrected chi connectivity index (χ3v) is 4.54. The predicted octanol–water partition coefficient (Wildman–Crippen LogP) is 4.50. The topological polar surface area (TPSA) is 17.0 Å². The number of aromatic nitrogens is 1. The molecule has 1 aromatic carbocycles. The molecule has 0 spiro atoms. The van der Waals surface area contributed by atoms with Crippen molar-refractivity contribution in [3.05, 3.63) is 58.4 Å². The van der Waals surface area contributed by atoms with E-state index < -0.39 is 0 Å². The van der Waals surface area contributed by atoms with Crippen LogP contribution in [-0.2, 0) is 13.1 Å². The van der Waals surface area contributed by atoms with Gasteiger partial charge in [0.1, 0.15) is 0 Å². The van der Waals surface area contributed by atoms with E-state index in [1.807, 2.05) is 11.3 Å². The predicted molar refractivity (Wildman–Crippen MR) is 91.9 cm³/mol. The molecule has 0 aliphatic carbocycles. The van der Waals surface area contributed by atoms with Crippen molar-refractivity contribution in [1.82, 2.24) is 9.88 Å². The molecule has 0 saturated carbocycles. The molecular weight excluding hydrogens is 276 g/mol. The van der Waals surface area contributed by atoms with E-state index in [0.29, 0.717) is 5.92 Å². The molecule has 3 rings (SSSR count). The van der Waals surface area contributed by atoms with E-state index in [0.717, 1.165) is 19.6 Å². The van der Waals surface area contributed by atoms with E-state index in [-0.39, 0.29) is 0 Å². The highest BCUT2D eigenvalue weighted by Gasteiger charge is 2.06. The second kappa shape index (κ2) is 6.46. The van der Waals surface area contributed by atoms with Crippen LogP contribution in [0.3, 0.4) is 0 Å². The fourth-order valence-electron chi connectivity index (χ4n) is 2.65. The molecule has 0 radical (unpaired) electrons. The molecule has 2 nitrogen and oxygen atoms in total. The summed E-state index contributed by atoms with van der Waals surface area (Å²) in [5, 5.41) is 7.05. The summed E-state index contributed by atoms with van der Waals surface area (Å²) in [4.78, 5) is 1.40. The Labute approximate surface area is 130 Å². The fraction of sp³-hybridized carbons (Fsp3) is 0.333. The van der Waals surface area contributed by atoms with E-state index in [9.17, 15) is 0 Å². The lowest BCUT2D eigenvalue weighted by molar-refractivity contribution is 0.553. The van der Waals surface area contributed by atoms with Gasteiger partial charge in [0, 0.05) is 28.5 Å². The van der Waals surface area contributed by atoms with Gasteiger partial charge in [-0.15, -0.1) is 11.3 Å². The minimum Gasteiger partial charge on any atom is -0.342 e. The van der Waals surface area contributed by atoms with Gasteiger partial charge in [-0.05, 0) is 41.6 Å². The Bertz CT molecular complexity index is 695. The number of hydrogen-bond donors (Lipinski definition) is 1. The summed E-state index contributed by atoms with van der Waals surface area (Å²) in [7, 11) is 0. The maximum absolute atomic E-state index is 3.54. The molecule has 0 atom stereocenters. The van der Waals surface area contributed by atoms with Crippen molar-refractivity contribution in [2.45, 2.75) is 26.9 Å². The van der Waals surface area contributed by atoms with Crippen LogP contribution in [0.4, 0.5) is 0 Å². The van der Waals surface area contributed by atoms with Gasteiger partial charge < -0.3 is 9.88 Å². The second-order valence-electron chi connectivity index (χ2n) is 5.90. The molecule has 0 aliphatic heterocycles. The van der Waals surface area contributed by atoms with Crippen LogP contribution in [0.15, 0.2) is 48.0 Å². The molecule has 2 aromatic heterocycles. The monoisotopic (exact) mass is 298 g/mol. The average molecular weight is 298 g/mol. The molecule has 110 valence electrons. The lowest BCUT2D eigenvalue weighted by atomic mass is 10.1. The quantitative estimate of drug-likeness (QED) is 0.709. The zero-order chi connectivity index (χ0) is 14.7. The summed E-state index contributed by atoms with van der Waals surface area (Å²) in [6, 6.07) is 13.2. The molecular formula is C18H22N2S.